The van der Waals surface area contributed by atoms with Crippen LogP contribution in [0.5, 0.6) is 0 Å². The number of aliphatic carboxylic acids is 1. The van der Waals surface area contributed by atoms with Crippen molar-refractivity contribution in [2.75, 3.05) is 63.1 Å². The standard InChI is InChI=1S/C40H41FN8O12S/c1-3-44-14-15-48(35(54)34(44)53)39(59)43-28(21-8-6-5-7-9-21)32(51)42-29-33(52)49-30(38(57)58)22(20-62-36(29)49)19-61-40(60)47-12-10-46(11-13-47)27-17-26-23(16-25(27)41)31(50)24(37(55)56)18-45(26)4-2/h5-9,16-18,28-29,36H,3-4,10-15,19-20H2,1-2H3,(H,42,51)(H,43,59)(H,55,56)(H,57,58)/t28?,29-,36-/m1/s1. The van der Waals surface area contributed by atoms with Gasteiger partial charge >= 0.3 is 35.9 Å². The number of aromatic nitrogens is 1. The Morgan fingerprint density at radius 2 is 1.61 bits per heavy atom. The van der Waals surface area contributed by atoms with E-state index in [2.05, 4.69) is 10.6 Å². The molecule has 0 aliphatic carbocycles. The maximum absolute atomic E-state index is 15.4. The van der Waals surface area contributed by atoms with Crippen molar-refractivity contribution in [1.82, 2.24) is 34.8 Å². The van der Waals surface area contributed by atoms with Crippen LogP contribution in [-0.4, -0.2) is 152 Å². The molecule has 20 nitrogen and oxygen atoms in total. The van der Waals surface area contributed by atoms with Crippen LogP contribution < -0.4 is 21.0 Å². The Hall–Kier alpha value is -6.97. The highest BCUT2D eigenvalue weighted by Crippen LogP contribution is 2.41. The number of benzene rings is 2. The second-order valence-corrected chi connectivity index (χ2v) is 15.7. The molecule has 7 rings (SSSR count). The molecular weight excluding hydrogens is 836 g/mol. The van der Waals surface area contributed by atoms with Crippen LogP contribution in [0.4, 0.5) is 19.7 Å². The number of carbonyl (C=O) groups excluding carboxylic acids is 6. The summed E-state index contributed by atoms with van der Waals surface area (Å²) in [6.45, 7) is 4.10. The van der Waals surface area contributed by atoms with Gasteiger partial charge in [-0.2, -0.15) is 0 Å². The number of carboxylic acid groups (broad SMARTS) is 2. The number of hydrogen-bond acceptors (Lipinski definition) is 12. The molecule has 22 heteroatoms. The van der Waals surface area contributed by atoms with E-state index in [9.17, 15) is 53.4 Å². The molecule has 326 valence electrons. The zero-order valence-corrected chi connectivity index (χ0v) is 34.2. The van der Waals surface area contributed by atoms with Crippen LogP contribution >= 0.6 is 11.8 Å². The number of nitrogens with one attached hydrogen (secondary N) is 2. The summed E-state index contributed by atoms with van der Waals surface area (Å²) in [4.78, 5) is 122. The van der Waals surface area contributed by atoms with E-state index in [0.717, 1.165) is 22.7 Å². The predicted octanol–water partition coefficient (Wildman–Crippen LogP) is 0.998. The molecule has 7 amide bonds. The van der Waals surface area contributed by atoms with Crippen LogP contribution in [0, 0.1) is 5.82 Å². The first-order valence-corrected chi connectivity index (χ1v) is 20.6. The number of thioether (sulfide) groups is 1. The highest BCUT2D eigenvalue weighted by Gasteiger charge is 2.55. The Kier molecular flexibility index (Phi) is 12.2. The number of aryl methyl sites for hydroxylation is 1. The Bertz CT molecular complexity index is 2490. The van der Waals surface area contributed by atoms with Crippen LogP contribution in [0.2, 0.25) is 0 Å². The van der Waals surface area contributed by atoms with Crippen LogP contribution in [0.1, 0.15) is 35.8 Å². The number of likely N-dealkylation sites (N-methyl/N-ethyl adjacent to an activating group) is 1. The van der Waals surface area contributed by atoms with E-state index in [1.54, 1.807) is 53.6 Å². The van der Waals surface area contributed by atoms with Gasteiger partial charge in [0.1, 0.15) is 41.1 Å². The molecule has 4 aliphatic rings. The van der Waals surface area contributed by atoms with E-state index in [1.165, 1.54) is 22.1 Å². The predicted molar refractivity (Wildman–Crippen MR) is 217 cm³/mol. The van der Waals surface area contributed by atoms with Gasteiger partial charge in [-0.1, -0.05) is 30.3 Å². The summed E-state index contributed by atoms with van der Waals surface area (Å²) in [5, 5.41) is 23.8. The number of rotatable bonds is 11. The largest absolute Gasteiger partial charge is 0.477 e. The molecule has 3 aromatic rings. The van der Waals surface area contributed by atoms with Crippen LogP contribution in [0.15, 0.2) is 64.7 Å². The van der Waals surface area contributed by atoms with Gasteiger partial charge in [-0.05, 0) is 31.5 Å². The van der Waals surface area contributed by atoms with Crippen molar-refractivity contribution in [3.8, 4) is 0 Å². The average Bonchev–Trinajstić information content (AvgIpc) is 3.27. The van der Waals surface area contributed by atoms with Gasteiger partial charge in [-0.15, -0.1) is 11.8 Å². The molecule has 62 heavy (non-hydrogen) atoms. The van der Waals surface area contributed by atoms with Gasteiger partial charge < -0.3 is 44.9 Å². The number of halogens is 1. The lowest BCUT2D eigenvalue weighted by molar-refractivity contribution is -0.153. The molecule has 0 bridgehead atoms. The quantitative estimate of drug-likeness (QED) is 0.155. The second-order valence-electron chi connectivity index (χ2n) is 14.6. The van der Waals surface area contributed by atoms with E-state index in [1.807, 2.05) is 0 Å². The van der Waals surface area contributed by atoms with Crippen molar-refractivity contribution in [3.63, 3.8) is 0 Å². The Morgan fingerprint density at radius 3 is 2.26 bits per heavy atom. The summed E-state index contributed by atoms with van der Waals surface area (Å²) in [6, 6.07) is 6.89. The lowest BCUT2D eigenvalue weighted by Gasteiger charge is -2.49. The zero-order valence-electron chi connectivity index (χ0n) is 33.4. The normalized spacial score (nSPS) is 19.5. The number of anilines is 1. The highest BCUT2D eigenvalue weighted by molar-refractivity contribution is 8.00. The Labute approximate surface area is 355 Å². The molecule has 4 N–H and O–H groups in total. The molecule has 0 saturated carbocycles. The topological polar surface area (TPSA) is 249 Å². The van der Waals surface area contributed by atoms with Gasteiger partial charge in [0.2, 0.25) is 11.3 Å². The molecule has 2 aromatic carbocycles. The van der Waals surface area contributed by atoms with Gasteiger partial charge in [0.15, 0.2) is 0 Å². The van der Waals surface area contributed by atoms with Crippen molar-refractivity contribution in [2.45, 2.75) is 37.8 Å². The zero-order chi connectivity index (χ0) is 44.6. The summed E-state index contributed by atoms with van der Waals surface area (Å²) in [5.41, 5.74) is -0.741. The first kappa shape index (κ1) is 43.1. The third-order valence-corrected chi connectivity index (χ3v) is 12.5. The number of piperazine rings is 2. The number of amides is 7. The van der Waals surface area contributed by atoms with Crippen molar-refractivity contribution in [1.29, 1.82) is 0 Å². The Morgan fingerprint density at radius 1 is 0.903 bits per heavy atom. The lowest BCUT2D eigenvalue weighted by atomic mass is 10.0. The fourth-order valence-electron chi connectivity index (χ4n) is 7.77. The number of carbonyl (C=O) groups is 8. The number of imide groups is 1. The summed E-state index contributed by atoms with van der Waals surface area (Å²) in [6.07, 6.45) is 0.438. The third kappa shape index (κ3) is 7.99. The minimum Gasteiger partial charge on any atom is -0.477 e. The number of β-lactam (4-membered cyclic amide) rings is 1. The maximum Gasteiger partial charge on any atom is 0.410 e. The number of ether oxygens (including phenoxy) is 1. The van der Waals surface area contributed by atoms with Crippen LogP contribution in [-0.2, 0) is 35.3 Å². The Balaban J connectivity index is 0.978. The number of hydrogen-bond donors (Lipinski definition) is 4. The van der Waals surface area contributed by atoms with Crippen molar-refractivity contribution >= 4 is 76.0 Å². The summed E-state index contributed by atoms with van der Waals surface area (Å²) in [5.74, 6) is -7.11. The van der Waals surface area contributed by atoms with Gasteiger partial charge in [0.25, 0.3) is 5.91 Å². The summed E-state index contributed by atoms with van der Waals surface area (Å²) in [7, 11) is 0. The fourth-order valence-corrected chi connectivity index (χ4v) is 9.10. The molecule has 3 atom stereocenters. The van der Waals surface area contributed by atoms with Crippen molar-refractivity contribution < 1.29 is 57.7 Å². The number of aromatic carboxylic acids is 1. The molecule has 3 fully saturated rings. The van der Waals surface area contributed by atoms with E-state index in [-0.39, 0.29) is 68.2 Å². The second kappa shape index (κ2) is 17.6. The first-order chi connectivity index (χ1) is 29.6. The molecule has 0 radical (unpaired) electrons. The smallest absolute Gasteiger partial charge is 0.410 e. The molecule has 1 aromatic heterocycles. The lowest BCUT2D eigenvalue weighted by Crippen LogP contribution is -2.71. The molecule has 0 spiro atoms. The molecule has 3 saturated heterocycles. The maximum atomic E-state index is 15.4. The molecular formula is C40H41FN8O12S. The number of carboxylic acids is 2. The average molecular weight is 877 g/mol. The first-order valence-electron chi connectivity index (χ1n) is 19.6. The van der Waals surface area contributed by atoms with Gasteiger partial charge in [-0.3, -0.25) is 33.8 Å². The van der Waals surface area contributed by atoms with Crippen molar-refractivity contribution in [2.24, 2.45) is 0 Å². The number of nitrogens with zero attached hydrogens (tertiary/aromatic N) is 6. The monoisotopic (exact) mass is 876 g/mol. The van der Waals surface area contributed by atoms with Gasteiger partial charge in [0, 0.05) is 75.3 Å². The van der Waals surface area contributed by atoms with Gasteiger partial charge in [0.05, 0.1) is 11.2 Å². The molecule has 4 aliphatic heterocycles. The molecule has 1 unspecified atom stereocenters. The fraction of sp³-hybridized carbons (Fsp3) is 0.375. The minimum absolute atomic E-state index is 0.0142. The van der Waals surface area contributed by atoms with E-state index in [4.69, 9.17) is 4.74 Å². The molecule has 5 heterocycles. The highest BCUT2D eigenvalue weighted by atomic mass is 32.2. The van der Waals surface area contributed by atoms with E-state index >= 15 is 4.39 Å². The summed E-state index contributed by atoms with van der Waals surface area (Å²) >= 11 is 1.13. The minimum atomic E-state index is -1.46. The summed E-state index contributed by atoms with van der Waals surface area (Å²) < 4.78 is 22.4. The van der Waals surface area contributed by atoms with E-state index < -0.39 is 94.3 Å². The third-order valence-electron chi connectivity index (χ3n) is 11.1. The van der Waals surface area contributed by atoms with Crippen LogP contribution in [0.3, 0.4) is 0 Å². The van der Waals surface area contributed by atoms with Crippen LogP contribution in [0.25, 0.3) is 10.9 Å². The van der Waals surface area contributed by atoms with Gasteiger partial charge in [-0.25, -0.2) is 23.6 Å². The SMILES string of the molecule is CCN1CCN(C(=O)NC(C(=O)N[C@@H]2C(=O)N3C(C(=O)O)=C(COC(=O)N4CCN(c5cc6c(cc5F)c(=O)c(C(=O)O)cn6CC)CC4)CS[C@H]23)c2ccccc2)C(=O)C1=O. The van der Waals surface area contributed by atoms with Crippen molar-refractivity contribution in [3.05, 3.63) is 87.1 Å². The van der Waals surface area contributed by atoms with E-state index in [0.29, 0.717) is 22.5 Å². The number of pyridine rings is 1. The number of fused-ring (bicyclic) bond motifs is 2. The number of urea groups is 1.